The summed E-state index contributed by atoms with van der Waals surface area (Å²) in [4.78, 5) is 13.3. The Labute approximate surface area is 145 Å². The number of amides is 1. The minimum Gasteiger partial charge on any atom is -0.493 e. The maximum absolute atomic E-state index is 11.2. The summed E-state index contributed by atoms with van der Waals surface area (Å²) in [6, 6.07) is 7.55. The van der Waals surface area contributed by atoms with Gasteiger partial charge in [0.1, 0.15) is 0 Å². The number of rotatable bonds is 4. The van der Waals surface area contributed by atoms with Crippen molar-refractivity contribution in [2.45, 2.75) is 13.0 Å². The lowest BCUT2D eigenvalue weighted by Gasteiger charge is -2.30. The van der Waals surface area contributed by atoms with Crippen molar-refractivity contribution >= 4 is 17.7 Å². The van der Waals surface area contributed by atoms with E-state index >= 15 is 0 Å². The van der Waals surface area contributed by atoms with Gasteiger partial charge in [-0.25, -0.2) is 4.79 Å². The van der Waals surface area contributed by atoms with Crippen molar-refractivity contribution in [1.82, 2.24) is 10.2 Å². The summed E-state index contributed by atoms with van der Waals surface area (Å²) < 4.78 is 15.3. The normalized spacial score (nSPS) is 13.0. The van der Waals surface area contributed by atoms with E-state index in [9.17, 15) is 4.79 Å². The fraction of sp³-hybridized carbons (Fsp3) is 0.353. The van der Waals surface area contributed by atoms with Crippen LogP contribution < -0.4 is 19.7 Å². The van der Waals surface area contributed by atoms with Crippen LogP contribution in [-0.4, -0.2) is 44.2 Å². The minimum atomic E-state index is -0.574. The summed E-state index contributed by atoms with van der Waals surface area (Å²) in [6.45, 7) is 1.52. The summed E-state index contributed by atoms with van der Waals surface area (Å²) in [5.41, 5.74) is 2.41. The number of hydrogen-bond donors (Lipinski definition) is 1. The molecule has 2 aromatic rings. The lowest BCUT2D eigenvalue weighted by atomic mass is 9.99. The lowest BCUT2D eigenvalue weighted by Crippen LogP contribution is -2.31. The fourth-order valence-electron chi connectivity index (χ4n) is 2.79. The molecule has 132 valence electrons. The van der Waals surface area contributed by atoms with E-state index in [1.165, 1.54) is 18.2 Å². The van der Waals surface area contributed by atoms with Crippen LogP contribution in [0.2, 0.25) is 0 Å². The molecule has 1 amide bonds. The Morgan fingerprint density at radius 2 is 1.80 bits per heavy atom. The van der Waals surface area contributed by atoms with Gasteiger partial charge in [0.25, 0.3) is 0 Å². The summed E-state index contributed by atoms with van der Waals surface area (Å²) in [5.74, 6) is 2.55. The number of carbonyl (C=O) groups excluding carboxylic acids is 1. The first-order chi connectivity index (χ1) is 12.1. The number of benzene rings is 1. The zero-order chi connectivity index (χ0) is 17.8. The Balaban J connectivity index is 1.77. The van der Waals surface area contributed by atoms with Crippen molar-refractivity contribution in [2.75, 3.05) is 38.1 Å². The molecule has 0 unspecified atom stereocenters. The number of anilines is 2. The molecule has 2 heterocycles. The fourth-order valence-corrected chi connectivity index (χ4v) is 2.79. The van der Waals surface area contributed by atoms with E-state index in [2.05, 4.69) is 25.2 Å². The van der Waals surface area contributed by atoms with Crippen molar-refractivity contribution < 1.29 is 19.0 Å². The van der Waals surface area contributed by atoms with Gasteiger partial charge in [-0.05, 0) is 41.8 Å². The smallest absolute Gasteiger partial charge is 0.412 e. The molecule has 0 fully saturated rings. The van der Waals surface area contributed by atoms with Gasteiger partial charge in [-0.15, -0.1) is 10.2 Å². The molecule has 1 aliphatic rings. The number of fused-ring (bicyclic) bond motifs is 1. The number of nitrogens with one attached hydrogen (secondary N) is 1. The summed E-state index contributed by atoms with van der Waals surface area (Å²) in [5, 5.41) is 10.7. The van der Waals surface area contributed by atoms with E-state index in [1.54, 1.807) is 20.3 Å². The minimum absolute atomic E-state index is 0.347. The van der Waals surface area contributed by atoms with Crippen LogP contribution >= 0.6 is 0 Å². The van der Waals surface area contributed by atoms with Gasteiger partial charge < -0.3 is 19.1 Å². The molecule has 0 saturated carbocycles. The van der Waals surface area contributed by atoms with E-state index in [1.807, 2.05) is 18.2 Å². The van der Waals surface area contributed by atoms with Gasteiger partial charge in [0.2, 0.25) is 0 Å². The molecule has 8 heteroatoms. The predicted molar refractivity (Wildman–Crippen MR) is 92.4 cm³/mol. The number of hydrogen-bond acceptors (Lipinski definition) is 7. The van der Waals surface area contributed by atoms with Crippen molar-refractivity contribution in [1.29, 1.82) is 0 Å². The Morgan fingerprint density at radius 1 is 1.08 bits per heavy atom. The predicted octanol–water partition coefficient (Wildman–Crippen LogP) is 2.23. The molecular weight excluding hydrogens is 324 g/mol. The largest absolute Gasteiger partial charge is 0.493 e. The number of methoxy groups -OCH3 is 3. The number of ether oxygens (including phenoxy) is 3. The second-order valence-corrected chi connectivity index (χ2v) is 5.54. The van der Waals surface area contributed by atoms with Crippen LogP contribution in [0.3, 0.4) is 0 Å². The molecule has 0 bridgehead atoms. The van der Waals surface area contributed by atoms with Gasteiger partial charge in [0.05, 0.1) is 21.3 Å². The van der Waals surface area contributed by atoms with Gasteiger partial charge in [-0.2, -0.15) is 0 Å². The van der Waals surface area contributed by atoms with Crippen molar-refractivity contribution in [3.05, 3.63) is 35.4 Å². The van der Waals surface area contributed by atoms with Crippen LogP contribution in [0.15, 0.2) is 24.3 Å². The van der Waals surface area contributed by atoms with Gasteiger partial charge in [-0.1, -0.05) is 0 Å². The first kappa shape index (κ1) is 16.8. The molecule has 1 aliphatic heterocycles. The third-order valence-electron chi connectivity index (χ3n) is 4.11. The zero-order valence-corrected chi connectivity index (χ0v) is 14.4. The molecule has 0 spiro atoms. The average molecular weight is 344 g/mol. The third kappa shape index (κ3) is 3.57. The van der Waals surface area contributed by atoms with Crippen LogP contribution in [0.5, 0.6) is 11.5 Å². The molecule has 0 aliphatic carbocycles. The molecule has 1 aromatic carbocycles. The number of nitrogens with zero attached hydrogens (tertiary/aromatic N) is 3. The SMILES string of the molecule is COC(=O)Nc1ccc(N2CCc3cc(OC)c(OC)cc3C2)nn1. The van der Waals surface area contributed by atoms with E-state index in [0.29, 0.717) is 18.1 Å². The van der Waals surface area contributed by atoms with Crippen LogP contribution in [-0.2, 0) is 17.7 Å². The molecule has 1 N–H and O–H groups in total. The molecule has 25 heavy (non-hydrogen) atoms. The van der Waals surface area contributed by atoms with Crippen molar-refractivity contribution in [3.8, 4) is 11.5 Å². The molecule has 0 atom stereocenters. The van der Waals surface area contributed by atoms with Crippen LogP contribution in [0.1, 0.15) is 11.1 Å². The summed E-state index contributed by atoms with van der Waals surface area (Å²) in [6.07, 6.45) is 0.300. The van der Waals surface area contributed by atoms with Crippen molar-refractivity contribution in [2.24, 2.45) is 0 Å². The molecule has 1 aromatic heterocycles. The lowest BCUT2D eigenvalue weighted by molar-refractivity contribution is 0.187. The average Bonchev–Trinajstić information content (AvgIpc) is 2.66. The van der Waals surface area contributed by atoms with Gasteiger partial charge in [-0.3, -0.25) is 5.32 Å². The highest BCUT2D eigenvalue weighted by Gasteiger charge is 2.20. The van der Waals surface area contributed by atoms with Gasteiger partial charge in [0, 0.05) is 13.1 Å². The highest BCUT2D eigenvalue weighted by Crippen LogP contribution is 2.34. The maximum atomic E-state index is 11.2. The maximum Gasteiger partial charge on any atom is 0.412 e. The number of carbonyl (C=O) groups is 1. The molecule has 8 nitrogen and oxygen atoms in total. The summed E-state index contributed by atoms with van der Waals surface area (Å²) >= 11 is 0. The van der Waals surface area contributed by atoms with E-state index in [-0.39, 0.29) is 0 Å². The molecule has 0 saturated heterocycles. The highest BCUT2D eigenvalue weighted by molar-refractivity contribution is 5.83. The van der Waals surface area contributed by atoms with Gasteiger partial charge >= 0.3 is 6.09 Å². The van der Waals surface area contributed by atoms with Crippen LogP contribution in [0, 0.1) is 0 Å². The Kier molecular flexibility index (Phi) is 4.87. The first-order valence-electron chi connectivity index (χ1n) is 7.82. The quantitative estimate of drug-likeness (QED) is 0.910. The number of aromatic nitrogens is 2. The Bertz CT molecular complexity index is 764. The van der Waals surface area contributed by atoms with Crippen LogP contribution in [0.25, 0.3) is 0 Å². The molecule has 0 radical (unpaired) electrons. The monoisotopic (exact) mass is 344 g/mol. The summed E-state index contributed by atoms with van der Waals surface area (Å²) in [7, 11) is 4.56. The zero-order valence-electron chi connectivity index (χ0n) is 14.4. The second kappa shape index (κ2) is 7.25. The molecular formula is C17H20N4O4. The Morgan fingerprint density at radius 3 is 2.40 bits per heavy atom. The topological polar surface area (TPSA) is 85.8 Å². The highest BCUT2D eigenvalue weighted by atomic mass is 16.5. The van der Waals surface area contributed by atoms with E-state index in [4.69, 9.17) is 9.47 Å². The van der Waals surface area contributed by atoms with Crippen LogP contribution in [0.4, 0.5) is 16.4 Å². The van der Waals surface area contributed by atoms with E-state index < -0.39 is 6.09 Å². The first-order valence-corrected chi connectivity index (χ1v) is 7.82. The second-order valence-electron chi connectivity index (χ2n) is 5.54. The van der Waals surface area contributed by atoms with Crippen molar-refractivity contribution in [3.63, 3.8) is 0 Å². The Hall–Kier alpha value is -3.03. The molecule has 3 rings (SSSR count). The third-order valence-corrected chi connectivity index (χ3v) is 4.11. The van der Waals surface area contributed by atoms with E-state index in [0.717, 1.165) is 24.5 Å². The van der Waals surface area contributed by atoms with Gasteiger partial charge in [0.15, 0.2) is 23.1 Å². The standard InChI is InChI=1S/C17H20N4O4/c1-23-13-8-11-6-7-21(10-12(11)9-14(13)24-2)16-5-4-15(19-20-16)18-17(22)25-3/h4-5,8-9H,6-7,10H2,1-3H3,(H,18,19,22).